The van der Waals surface area contributed by atoms with Gasteiger partial charge in [0.25, 0.3) is 5.69 Å². The lowest BCUT2D eigenvalue weighted by atomic mass is 10.1. The molecule has 0 aromatic heterocycles. The summed E-state index contributed by atoms with van der Waals surface area (Å²) in [6, 6.07) is 3.87. The molecule has 0 atom stereocenters. The maximum atomic E-state index is 11.0. The number of hydrogen-bond acceptors (Lipinski definition) is 4. The van der Waals surface area contributed by atoms with Gasteiger partial charge in [-0.25, -0.2) is 4.79 Å². The third-order valence-electron chi connectivity index (χ3n) is 1.89. The lowest BCUT2D eigenvalue weighted by Gasteiger charge is -2.08. The molecule has 1 N–H and O–H groups in total. The largest absolute Gasteiger partial charge is 0.488 e. The Morgan fingerprint density at radius 1 is 1.59 bits per heavy atom. The van der Waals surface area contributed by atoms with Crippen LogP contribution in [0, 0.1) is 10.1 Å². The number of aromatic carboxylic acids is 1. The molecule has 17 heavy (non-hydrogen) atoms. The van der Waals surface area contributed by atoms with Gasteiger partial charge in [-0.05, 0) is 18.6 Å². The number of rotatable bonds is 5. The lowest BCUT2D eigenvalue weighted by molar-refractivity contribution is -0.385. The van der Waals surface area contributed by atoms with Crippen LogP contribution < -0.4 is 4.74 Å². The normalized spacial score (nSPS) is 9.71. The van der Waals surface area contributed by atoms with Crippen molar-refractivity contribution in [2.24, 2.45) is 0 Å². The Morgan fingerprint density at radius 3 is 2.71 bits per heavy atom. The fourth-order valence-electron chi connectivity index (χ4n) is 1.21. The van der Waals surface area contributed by atoms with Crippen molar-refractivity contribution in [2.75, 3.05) is 6.61 Å². The van der Waals surface area contributed by atoms with Gasteiger partial charge in [0.1, 0.15) is 12.4 Å². The molecule has 1 rings (SSSR count). The van der Waals surface area contributed by atoms with E-state index in [1.165, 1.54) is 12.1 Å². The van der Waals surface area contributed by atoms with Crippen LogP contribution in [0.1, 0.15) is 17.3 Å². The van der Waals surface area contributed by atoms with E-state index >= 15 is 0 Å². The van der Waals surface area contributed by atoms with Crippen molar-refractivity contribution in [3.05, 3.63) is 46.0 Å². The van der Waals surface area contributed by atoms with Crippen LogP contribution in [0.3, 0.4) is 0 Å². The topological polar surface area (TPSA) is 89.7 Å². The summed E-state index contributed by atoms with van der Waals surface area (Å²) < 4.78 is 5.17. The molecule has 90 valence electrons. The van der Waals surface area contributed by atoms with Crippen molar-refractivity contribution >= 4 is 11.7 Å². The zero-order chi connectivity index (χ0) is 13.0. The maximum absolute atomic E-state index is 11.0. The monoisotopic (exact) mass is 237 g/mol. The van der Waals surface area contributed by atoms with Gasteiger partial charge in [0, 0.05) is 6.07 Å². The van der Waals surface area contributed by atoms with Crippen LogP contribution in [-0.4, -0.2) is 22.6 Å². The molecular weight excluding hydrogens is 226 g/mol. The van der Waals surface area contributed by atoms with Gasteiger partial charge in [0.05, 0.1) is 4.92 Å². The number of hydrogen-bond donors (Lipinski definition) is 1. The van der Waals surface area contributed by atoms with Gasteiger partial charge in [0.2, 0.25) is 0 Å². The molecule has 0 fully saturated rings. The molecule has 1 aromatic carbocycles. The summed E-state index contributed by atoms with van der Waals surface area (Å²) in [5.41, 5.74) is -0.247. The Labute approximate surface area is 97.3 Å². The molecule has 0 saturated carbocycles. The molecular formula is C11H11NO5. The fraction of sp³-hybridized carbons (Fsp3) is 0.182. The summed E-state index contributed by atoms with van der Waals surface area (Å²) in [5, 5.41) is 19.6. The first-order chi connectivity index (χ1) is 7.93. The Hall–Kier alpha value is -2.37. The minimum Gasteiger partial charge on any atom is -0.488 e. The van der Waals surface area contributed by atoms with Crippen molar-refractivity contribution < 1.29 is 19.6 Å². The van der Waals surface area contributed by atoms with Gasteiger partial charge in [-0.3, -0.25) is 10.1 Å². The standard InChI is InChI=1S/C11H11NO5/c1-7(2)6-17-9-5-3-4-8(12(15)16)10(9)11(13)14/h3-5H,1,6H2,2H3,(H,13,14). The Kier molecular flexibility index (Phi) is 3.82. The van der Waals surface area contributed by atoms with Crippen molar-refractivity contribution in [2.45, 2.75) is 6.92 Å². The first-order valence-corrected chi connectivity index (χ1v) is 4.71. The van der Waals surface area contributed by atoms with Crippen LogP contribution in [0.4, 0.5) is 5.69 Å². The van der Waals surface area contributed by atoms with Gasteiger partial charge >= 0.3 is 5.97 Å². The second-order valence-electron chi connectivity index (χ2n) is 3.46. The molecule has 0 spiro atoms. The zero-order valence-corrected chi connectivity index (χ0v) is 9.17. The molecule has 0 aliphatic rings. The van der Waals surface area contributed by atoms with Crippen LogP contribution in [0.15, 0.2) is 30.4 Å². The van der Waals surface area contributed by atoms with E-state index in [9.17, 15) is 14.9 Å². The zero-order valence-electron chi connectivity index (χ0n) is 9.17. The van der Waals surface area contributed by atoms with E-state index in [1.807, 2.05) is 0 Å². The molecule has 0 aliphatic heterocycles. The highest BCUT2D eigenvalue weighted by Crippen LogP contribution is 2.28. The molecule has 0 aliphatic carbocycles. The highest BCUT2D eigenvalue weighted by Gasteiger charge is 2.24. The Morgan fingerprint density at radius 2 is 2.24 bits per heavy atom. The smallest absolute Gasteiger partial charge is 0.346 e. The third kappa shape index (κ3) is 3.04. The van der Waals surface area contributed by atoms with E-state index in [0.29, 0.717) is 5.57 Å². The summed E-state index contributed by atoms with van der Waals surface area (Å²) in [4.78, 5) is 20.9. The van der Waals surface area contributed by atoms with Gasteiger partial charge < -0.3 is 9.84 Å². The number of nitro benzene ring substituents is 1. The van der Waals surface area contributed by atoms with Gasteiger partial charge in [-0.1, -0.05) is 12.6 Å². The highest BCUT2D eigenvalue weighted by molar-refractivity contribution is 5.95. The molecule has 0 bridgehead atoms. The Balaban J connectivity index is 3.20. The average Bonchev–Trinajstić information content (AvgIpc) is 2.25. The van der Waals surface area contributed by atoms with Crippen molar-refractivity contribution in [3.8, 4) is 5.75 Å². The van der Waals surface area contributed by atoms with E-state index in [1.54, 1.807) is 6.92 Å². The van der Waals surface area contributed by atoms with Crippen LogP contribution in [0.25, 0.3) is 0 Å². The van der Waals surface area contributed by atoms with Crippen LogP contribution in [0.5, 0.6) is 5.75 Å². The van der Waals surface area contributed by atoms with Crippen LogP contribution in [0.2, 0.25) is 0 Å². The van der Waals surface area contributed by atoms with E-state index in [-0.39, 0.29) is 12.4 Å². The first kappa shape index (κ1) is 12.7. The van der Waals surface area contributed by atoms with E-state index in [4.69, 9.17) is 9.84 Å². The summed E-state index contributed by atoms with van der Waals surface area (Å²) >= 11 is 0. The molecule has 0 heterocycles. The maximum Gasteiger partial charge on any atom is 0.346 e. The molecule has 1 aromatic rings. The number of benzene rings is 1. The minimum absolute atomic E-state index is 0.0327. The van der Waals surface area contributed by atoms with Crippen molar-refractivity contribution in [3.63, 3.8) is 0 Å². The van der Waals surface area contributed by atoms with Gasteiger partial charge in [-0.15, -0.1) is 0 Å². The number of nitro groups is 1. The van der Waals surface area contributed by atoms with Gasteiger partial charge in [-0.2, -0.15) is 0 Å². The van der Waals surface area contributed by atoms with E-state index < -0.39 is 22.1 Å². The number of carboxylic acids is 1. The quantitative estimate of drug-likeness (QED) is 0.482. The van der Waals surface area contributed by atoms with Gasteiger partial charge in [0.15, 0.2) is 5.56 Å². The summed E-state index contributed by atoms with van der Waals surface area (Å²) in [7, 11) is 0. The van der Waals surface area contributed by atoms with Crippen molar-refractivity contribution in [1.29, 1.82) is 0 Å². The minimum atomic E-state index is -1.39. The molecule has 0 unspecified atom stereocenters. The second kappa shape index (κ2) is 5.11. The second-order valence-corrected chi connectivity index (χ2v) is 3.46. The number of nitrogens with zero attached hydrogens (tertiary/aromatic N) is 1. The number of carbonyl (C=O) groups is 1. The number of ether oxygens (including phenoxy) is 1. The molecule has 0 amide bonds. The summed E-state index contributed by atoms with van der Waals surface area (Å²) in [5.74, 6) is -1.43. The van der Waals surface area contributed by atoms with Crippen LogP contribution in [-0.2, 0) is 0 Å². The van der Waals surface area contributed by atoms with Crippen LogP contribution >= 0.6 is 0 Å². The SMILES string of the molecule is C=C(C)COc1cccc([N+](=O)[O-])c1C(=O)O. The van der Waals surface area contributed by atoms with Crippen molar-refractivity contribution in [1.82, 2.24) is 0 Å². The first-order valence-electron chi connectivity index (χ1n) is 4.71. The summed E-state index contributed by atoms with van der Waals surface area (Å²) in [6.07, 6.45) is 0. The lowest BCUT2D eigenvalue weighted by Crippen LogP contribution is -2.08. The Bertz CT molecular complexity index is 481. The summed E-state index contributed by atoms with van der Waals surface area (Å²) in [6.45, 7) is 5.41. The molecule has 0 saturated heterocycles. The molecule has 6 heteroatoms. The predicted molar refractivity (Wildman–Crippen MR) is 60.4 cm³/mol. The predicted octanol–water partition coefficient (Wildman–Crippen LogP) is 2.25. The third-order valence-corrected chi connectivity index (χ3v) is 1.89. The highest BCUT2D eigenvalue weighted by atomic mass is 16.6. The molecule has 0 radical (unpaired) electrons. The number of carboxylic acid groups (broad SMARTS) is 1. The molecule has 6 nitrogen and oxygen atoms in total. The van der Waals surface area contributed by atoms with E-state index in [0.717, 1.165) is 6.07 Å². The van der Waals surface area contributed by atoms with E-state index in [2.05, 4.69) is 6.58 Å². The fourth-order valence-corrected chi connectivity index (χ4v) is 1.21. The average molecular weight is 237 g/mol.